The lowest BCUT2D eigenvalue weighted by atomic mass is 10.2. The summed E-state index contributed by atoms with van der Waals surface area (Å²) in [5, 5.41) is 12.8. The second-order valence-electron chi connectivity index (χ2n) is 4.05. The molecule has 0 aromatic heterocycles. The van der Waals surface area contributed by atoms with Crippen LogP contribution in [0.4, 0.5) is 0 Å². The highest BCUT2D eigenvalue weighted by molar-refractivity contribution is 4.80. The van der Waals surface area contributed by atoms with Gasteiger partial charge in [-0.1, -0.05) is 13.8 Å². The maximum absolute atomic E-state index is 9.49. The average molecular weight is 216 g/mol. The molecule has 1 aliphatic rings. The molecule has 0 bridgehead atoms. The first-order valence-electron chi connectivity index (χ1n) is 5.99. The number of rotatable bonds is 7. The Hall–Kier alpha value is -0.160. The van der Waals surface area contributed by atoms with Gasteiger partial charge in [0.25, 0.3) is 0 Å². The standard InChI is InChI=1S/C11H24N2O2/c1-3-13(4-2)7-5-6-12-10-8-15-9-11(10)14/h10-12,14H,3-9H2,1-2H3. The van der Waals surface area contributed by atoms with Gasteiger partial charge in [-0.05, 0) is 32.6 Å². The Labute approximate surface area is 92.6 Å². The number of ether oxygens (including phenoxy) is 1. The highest BCUT2D eigenvalue weighted by Gasteiger charge is 2.24. The topological polar surface area (TPSA) is 44.7 Å². The molecule has 1 aliphatic heterocycles. The minimum atomic E-state index is -0.321. The Morgan fingerprint density at radius 1 is 1.33 bits per heavy atom. The van der Waals surface area contributed by atoms with Crippen molar-refractivity contribution >= 4 is 0 Å². The van der Waals surface area contributed by atoms with Gasteiger partial charge in [-0.25, -0.2) is 0 Å². The summed E-state index contributed by atoms with van der Waals surface area (Å²) < 4.78 is 5.17. The number of nitrogens with one attached hydrogen (secondary N) is 1. The lowest BCUT2D eigenvalue weighted by molar-refractivity contribution is 0.122. The molecule has 2 atom stereocenters. The van der Waals surface area contributed by atoms with Crippen molar-refractivity contribution in [2.45, 2.75) is 32.4 Å². The van der Waals surface area contributed by atoms with E-state index in [9.17, 15) is 5.11 Å². The second kappa shape index (κ2) is 7.17. The maximum Gasteiger partial charge on any atom is 0.0948 e. The summed E-state index contributed by atoms with van der Waals surface area (Å²) in [4.78, 5) is 2.41. The predicted octanol–water partition coefficient (Wildman–Crippen LogP) is 0.0676. The summed E-state index contributed by atoms with van der Waals surface area (Å²) in [5.74, 6) is 0. The molecule has 0 aromatic carbocycles. The molecule has 1 fully saturated rings. The van der Waals surface area contributed by atoms with Crippen molar-refractivity contribution in [2.75, 3.05) is 39.4 Å². The van der Waals surface area contributed by atoms with Crippen LogP contribution < -0.4 is 5.32 Å². The van der Waals surface area contributed by atoms with Crippen LogP contribution in [0.15, 0.2) is 0 Å². The monoisotopic (exact) mass is 216 g/mol. The van der Waals surface area contributed by atoms with Crippen LogP contribution in [-0.2, 0) is 4.74 Å². The number of aliphatic hydroxyl groups is 1. The van der Waals surface area contributed by atoms with Gasteiger partial charge in [0.1, 0.15) is 0 Å². The largest absolute Gasteiger partial charge is 0.389 e. The SMILES string of the molecule is CCN(CC)CCCNC1COCC1O. The third-order valence-corrected chi connectivity index (χ3v) is 3.00. The summed E-state index contributed by atoms with van der Waals surface area (Å²) in [7, 11) is 0. The van der Waals surface area contributed by atoms with Crippen LogP contribution in [0, 0.1) is 0 Å². The van der Waals surface area contributed by atoms with E-state index in [1.54, 1.807) is 0 Å². The summed E-state index contributed by atoms with van der Waals surface area (Å²) >= 11 is 0. The van der Waals surface area contributed by atoms with Gasteiger partial charge < -0.3 is 20.1 Å². The molecule has 1 heterocycles. The van der Waals surface area contributed by atoms with Gasteiger partial charge >= 0.3 is 0 Å². The lowest BCUT2D eigenvalue weighted by Gasteiger charge is -2.19. The molecule has 4 heteroatoms. The van der Waals surface area contributed by atoms with Gasteiger partial charge in [-0.15, -0.1) is 0 Å². The third kappa shape index (κ3) is 4.47. The predicted molar refractivity (Wildman–Crippen MR) is 61.0 cm³/mol. The molecule has 90 valence electrons. The zero-order valence-electron chi connectivity index (χ0n) is 9.91. The smallest absolute Gasteiger partial charge is 0.0948 e. The van der Waals surface area contributed by atoms with E-state index in [1.807, 2.05) is 0 Å². The van der Waals surface area contributed by atoms with Gasteiger partial charge in [-0.2, -0.15) is 0 Å². The molecule has 0 saturated carbocycles. The van der Waals surface area contributed by atoms with Gasteiger partial charge in [-0.3, -0.25) is 0 Å². The summed E-state index contributed by atoms with van der Waals surface area (Å²) in [5.41, 5.74) is 0. The summed E-state index contributed by atoms with van der Waals surface area (Å²) in [6.45, 7) is 9.82. The van der Waals surface area contributed by atoms with Crippen molar-refractivity contribution < 1.29 is 9.84 Å². The van der Waals surface area contributed by atoms with Crippen LogP contribution in [0.3, 0.4) is 0 Å². The summed E-state index contributed by atoms with van der Waals surface area (Å²) in [6.07, 6.45) is 0.809. The maximum atomic E-state index is 9.49. The Bertz CT molecular complexity index is 163. The number of hydrogen-bond acceptors (Lipinski definition) is 4. The van der Waals surface area contributed by atoms with Crippen molar-refractivity contribution in [1.29, 1.82) is 0 Å². The van der Waals surface area contributed by atoms with Crippen molar-refractivity contribution in [2.24, 2.45) is 0 Å². The average Bonchev–Trinajstić information content (AvgIpc) is 2.65. The Morgan fingerprint density at radius 3 is 2.60 bits per heavy atom. The van der Waals surface area contributed by atoms with E-state index in [0.29, 0.717) is 13.2 Å². The van der Waals surface area contributed by atoms with E-state index >= 15 is 0 Å². The number of aliphatic hydroxyl groups excluding tert-OH is 1. The van der Waals surface area contributed by atoms with Gasteiger partial charge in [0.2, 0.25) is 0 Å². The highest BCUT2D eigenvalue weighted by atomic mass is 16.5. The molecular formula is C11H24N2O2. The van der Waals surface area contributed by atoms with Crippen LogP contribution in [0.5, 0.6) is 0 Å². The fraction of sp³-hybridized carbons (Fsp3) is 1.00. The van der Waals surface area contributed by atoms with Crippen molar-refractivity contribution in [3.05, 3.63) is 0 Å². The molecule has 1 saturated heterocycles. The molecule has 2 unspecified atom stereocenters. The first-order chi connectivity index (χ1) is 7.27. The van der Waals surface area contributed by atoms with Crippen LogP contribution in [-0.4, -0.2) is 61.5 Å². The first-order valence-corrected chi connectivity index (χ1v) is 5.99. The fourth-order valence-corrected chi connectivity index (χ4v) is 1.87. The normalized spacial score (nSPS) is 26.4. The molecule has 0 aromatic rings. The molecule has 0 amide bonds. The first kappa shape index (κ1) is 12.9. The van der Waals surface area contributed by atoms with Crippen LogP contribution >= 0.6 is 0 Å². The number of nitrogens with zero attached hydrogens (tertiary/aromatic N) is 1. The second-order valence-corrected chi connectivity index (χ2v) is 4.05. The molecule has 0 radical (unpaired) electrons. The van der Waals surface area contributed by atoms with Crippen molar-refractivity contribution in [3.63, 3.8) is 0 Å². The zero-order valence-corrected chi connectivity index (χ0v) is 9.91. The van der Waals surface area contributed by atoms with E-state index in [0.717, 1.165) is 32.6 Å². The minimum absolute atomic E-state index is 0.140. The molecule has 15 heavy (non-hydrogen) atoms. The Morgan fingerprint density at radius 2 is 2.07 bits per heavy atom. The molecular weight excluding hydrogens is 192 g/mol. The van der Waals surface area contributed by atoms with Crippen LogP contribution in [0.25, 0.3) is 0 Å². The Balaban J connectivity index is 2.01. The van der Waals surface area contributed by atoms with Gasteiger partial charge in [0.05, 0.1) is 25.4 Å². The Kier molecular flexibility index (Phi) is 6.17. The molecule has 4 nitrogen and oxygen atoms in total. The molecule has 1 rings (SSSR count). The van der Waals surface area contributed by atoms with Gasteiger partial charge in [0, 0.05) is 0 Å². The number of hydrogen-bond donors (Lipinski definition) is 2. The quantitative estimate of drug-likeness (QED) is 0.591. The third-order valence-electron chi connectivity index (χ3n) is 3.00. The van der Waals surface area contributed by atoms with E-state index in [2.05, 4.69) is 24.1 Å². The van der Waals surface area contributed by atoms with Crippen molar-refractivity contribution in [3.8, 4) is 0 Å². The van der Waals surface area contributed by atoms with Crippen LogP contribution in [0.2, 0.25) is 0 Å². The van der Waals surface area contributed by atoms with Crippen LogP contribution in [0.1, 0.15) is 20.3 Å². The molecule has 0 spiro atoms. The highest BCUT2D eigenvalue weighted by Crippen LogP contribution is 2.04. The lowest BCUT2D eigenvalue weighted by Crippen LogP contribution is -2.40. The minimum Gasteiger partial charge on any atom is -0.389 e. The zero-order chi connectivity index (χ0) is 11.1. The van der Waals surface area contributed by atoms with E-state index in [4.69, 9.17) is 4.74 Å². The molecule has 0 aliphatic carbocycles. The van der Waals surface area contributed by atoms with E-state index < -0.39 is 0 Å². The van der Waals surface area contributed by atoms with Crippen molar-refractivity contribution in [1.82, 2.24) is 10.2 Å². The fourth-order valence-electron chi connectivity index (χ4n) is 1.87. The molecule has 2 N–H and O–H groups in total. The van der Waals surface area contributed by atoms with Gasteiger partial charge in [0.15, 0.2) is 0 Å². The van der Waals surface area contributed by atoms with E-state index in [1.165, 1.54) is 0 Å². The summed E-state index contributed by atoms with van der Waals surface area (Å²) in [6, 6.07) is 0.140. The van der Waals surface area contributed by atoms with E-state index in [-0.39, 0.29) is 12.1 Å².